The molecule has 0 bridgehead atoms. The van der Waals surface area contributed by atoms with Crippen LogP contribution in [0.3, 0.4) is 0 Å². The molecule has 0 spiro atoms. The van der Waals surface area contributed by atoms with E-state index in [1.807, 2.05) is 0 Å². The molecule has 134 valence electrons. The fourth-order valence-electron chi connectivity index (χ4n) is 2.52. The molecule has 1 saturated heterocycles. The van der Waals surface area contributed by atoms with Gasteiger partial charge in [-0.25, -0.2) is 0 Å². The first kappa shape index (κ1) is 19.6. The molecule has 0 radical (unpaired) electrons. The molecule has 10 nitrogen and oxygen atoms in total. The molecule has 1 fully saturated rings. The lowest BCUT2D eigenvalue weighted by atomic mass is 10.0. The Morgan fingerprint density at radius 3 is 2.38 bits per heavy atom. The van der Waals surface area contributed by atoms with Crippen LogP contribution in [0.4, 0.5) is 0 Å². The van der Waals surface area contributed by atoms with Crippen LogP contribution in [-0.4, -0.2) is 90.9 Å². The van der Waals surface area contributed by atoms with Crippen LogP contribution in [0.1, 0.15) is 12.8 Å². The van der Waals surface area contributed by atoms with E-state index in [1.54, 1.807) is 0 Å². The molecule has 1 rings (SSSR count). The summed E-state index contributed by atoms with van der Waals surface area (Å²) in [6.07, 6.45) is -0.258. The largest absolute Gasteiger partial charge is 0.480 e. The number of nitrogens with zero attached hydrogens (tertiary/aromatic N) is 2. The Bertz CT molecular complexity index is 521. The Hall–Kier alpha value is -2.49. The van der Waals surface area contributed by atoms with Crippen LogP contribution < -0.4 is 0 Å². The third-order valence-corrected chi connectivity index (χ3v) is 3.77. The van der Waals surface area contributed by atoms with Crippen LogP contribution in [0.25, 0.3) is 0 Å². The molecule has 1 amide bonds. The third-order valence-electron chi connectivity index (χ3n) is 3.77. The zero-order chi connectivity index (χ0) is 18.3. The molecule has 1 aliphatic rings. The zero-order valence-corrected chi connectivity index (χ0v) is 13.5. The van der Waals surface area contributed by atoms with Gasteiger partial charge in [-0.05, 0) is 0 Å². The van der Waals surface area contributed by atoms with Gasteiger partial charge in [0.05, 0.1) is 20.6 Å². The van der Waals surface area contributed by atoms with E-state index in [2.05, 4.69) is 9.47 Å². The van der Waals surface area contributed by atoms with Crippen LogP contribution in [0.2, 0.25) is 0 Å². The van der Waals surface area contributed by atoms with Crippen molar-refractivity contribution in [3.05, 3.63) is 0 Å². The summed E-state index contributed by atoms with van der Waals surface area (Å²) in [5.41, 5.74) is 0. The summed E-state index contributed by atoms with van der Waals surface area (Å²) in [5, 5.41) is 9.29. The Balaban J connectivity index is 3.04. The number of hydrogen-bond donors (Lipinski definition) is 1. The Morgan fingerprint density at radius 2 is 1.88 bits per heavy atom. The average molecular weight is 344 g/mol. The first-order chi connectivity index (χ1) is 11.3. The van der Waals surface area contributed by atoms with Gasteiger partial charge < -0.3 is 24.3 Å². The maximum atomic E-state index is 12.6. The van der Waals surface area contributed by atoms with Crippen molar-refractivity contribution in [1.29, 1.82) is 0 Å². The number of esters is 2. The van der Waals surface area contributed by atoms with Crippen LogP contribution in [0.15, 0.2) is 0 Å². The molecule has 0 aliphatic carbocycles. The van der Waals surface area contributed by atoms with Crippen molar-refractivity contribution < 1.29 is 38.6 Å². The highest BCUT2D eigenvalue weighted by Crippen LogP contribution is 2.20. The number of aldehydes is 1. The van der Waals surface area contributed by atoms with Gasteiger partial charge in [0.2, 0.25) is 5.91 Å². The summed E-state index contributed by atoms with van der Waals surface area (Å²) in [7, 11) is 2.33. The highest BCUT2D eigenvalue weighted by Gasteiger charge is 2.42. The number of ether oxygens (including phenoxy) is 2. The van der Waals surface area contributed by atoms with Gasteiger partial charge in [-0.1, -0.05) is 0 Å². The van der Waals surface area contributed by atoms with Crippen LogP contribution >= 0.6 is 0 Å². The van der Waals surface area contributed by atoms with Crippen LogP contribution in [-0.2, 0) is 33.4 Å². The van der Waals surface area contributed by atoms with Crippen molar-refractivity contribution in [2.75, 3.05) is 33.9 Å². The summed E-state index contributed by atoms with van der Waals surface area (Å²) in [4.78, 5) is 60.1. The summed E-state index contributed by atoms with van der Waals surface area (Å²) >= 11 is 0. The Morgan fingerprint density at radius 1 is 1.25 bits per heavy atom. The predicted octanol–water partition coefficient (Wildman–Crippen LogP) is -1.72. The van der Waals surface area contributed by atoms with E-state index in [0.29, 0.717) is 6.29 Å². The number of carbonyl (C=O) groups excluding carboxylic acids is 4. The second-order valence-corrected chi connectivity index (χ2v) is 5.13. The standard InChI is InChI=1S/C14H20N2O8/c1-23-11(18)7-10-13(20)15(8-12(19)24-2)4-5-16(10)9(3-6-17)14(21)22/h6,9-10H,3-5,7-8H2,1-2H3,(H,21,22)/t9-,10?/m0/s1. The topological polar surface area (TPSA) is 131 Å². The normalized spacial score (nSPS) is 19.5. The molecule has 2 atom stereocenters. The number of aliphatic carboxylic acids is 1. The van der Waals surface area contributed by atoms with Crippen molar-refractivity contribution >= 4 is 30.1 Å². The minimum atomic E-state index is -1.27. The number of amides is 1. The number of hydrogen-bond acceptors (Lipinski definition) is 8. The minimum absolute atomic E-state index is 0.0776. The minimum Gasteiger partial charge on any atom is -0.480 e. The number of carbonyl (C=O) groups is 5. The van der Waals surface area contributed by atoms with Gasteiger partial charge in [-0.2, -0.15) is 0 Å². The van der Waals surface area contributed by atoms with E-state index in [1.165, 1.54) is 16.9 Å². The van der Waals surface area contributed by atoms with E-state index in [9.17, 15) is 29.1 Å². The fraction of sp³-hybridized carbons (Fsp3) is 0.643. The van der Waals surface area contributed by atoms with E-state index < -0.39 is 35.9 Å². The summed E-state index contributed by atoms with van der Waals surface area (Å²) < 4.78 is 9.05. The zero-order valence-electron chi connectivity index (χ0n) is 13.5. The highest BCUT2D eigenvalue weighted by molar-refractivity contribution is 5.90. The predicted molar refractivity (Wildman–Crippen MR) is 77.8 cm³/mol. The maximum Gasteiger partial charge on any atom is 0.325 e. The van der Waals surface area contributed by atoms with Crippen LogP contribution in [0.5, 0.6) is 0 Å². The van der Waals surface area contributed by atoms with E-state index in [4.69, 9.17) is 0 Å². The van der Waals surface area contributed by atoms with Gasteiger partial charge in [0.25, 0.3) is 0 Å². The Labute approximate surface area is 138 Å². The molecular weight excluding hydrogens is 324 g/mol. The molecule has 1 heterocycles. The number of rotatable bonds is 8. The highest BCUT2D eigenvalue weighted by atomic mass is 16.5. The molecule has 0 aromatic rings. The molecular formula is C14H20N2O8. The number of piperazine rings is 1. The molecule has 10 heteroatoms. The second-order valence-electron chi connectivity index (χ2n) is 5.13. The molecule has 24 heavy (non-hydrogen) atoms. The van der Waals surface area contributed by atoms with Gasteiger partial charge >= 0.3 is 17.9 Å². The number of methoxy groups -OCH3 is 2. The second kappa shape index (κ2) is 8.96. The first-order valence-electron chi connectivity index (χ1n) is 7.20. The van der Waals surface area contributed by atoms with Crippen molar-refractivity contribution in [1.82, 2.24) is 9.80 Å². The van der Waals surface area contributed by atoms with Crippen molar-refractivity contribution in [2.24, 2.45) is 0 Å². The van der Waals surface area contributed by atoms with Crippen molar-refractivity contribution in [2.45, 2.75) is 24.9 Å². The SMILES string of the molecule is COC(=O)CC1C(=O)N(CC(=O)OC)CCN1[C@@H](CC=O)C(=O)O. The van der Waals surface area contributed by atoms with Crippen LogP contribution in [0, 0.1) is 0 Å². The summed E-state index contributed by atoms with van der Waals surface area (Å²) in [6, 6.07) is -2.36. The third kappa shape index (κ3) is 4.75. The Kier molecular flexibility index (Phi) is 7.31. The average Bonchev–Trinajstić information content (AvgIpc) is 2.56. The fourth-order valence-corrected chi connectivity index (χ4v) is 2.52. The lowest BCUT2D eigenvalue weighted by Crippen LogP contribution is -2.62. The lowest BCUT2D eigenvalue weighted by molar-refractivity contribution is -0.161. The maximum absolute atomic E-state index is 12.6. The molecule has 0 aromatic carbocycles. The monoisotopic (exact) mass is 344 g/mol. The molecule has 0 aromatic heterocycles. The number of carboxylic acids is 1. The van der Waals surface area contributed by atoms with Crippen molar-refractivity contribution in [3.8, 4) is 0 Å². The van der Waals surface area contributed by atoms with Gasteiger partial charge in [-0.15, -0.1) is 0 Å². The first-order valence-corrected chi connectivity index (χ1v) is 7.20. The molecule has 1 unspecified atom stereocenters. The molecule has 1 aliphatic heterocycles. The van der Waals surface area contributed by atoms with E-state index in [0.717, 1.165) is 7.11 Å². The summed E-state index contributed by atoms with van der Waals surface area (Å²) in [5.74, 6) is -3.19. The summed E-state index contributed by atoms with van der Waals surface area (Å²) in [6.45, 7) is -0.129. The van der Waals surface area contributed by atoms with Gasteiger partial charge in [0.15, 0.2) is 0 Å². The van der Waals surface area contributed by atoms with E-state index >= 15 is 0 Å². The quantitative estimate of drug-likeness (QED) is 0.403. The van der Waals surface area contributed by atoms with Gasteiger partial charge in [0, 0.05) is 19.5 Å². The number of carboxylic acid groups (broad SMARTS) is 1. The van der Waals surface area contributed by atoms with Crippen molar-refractivity contribution in [3.63, 3.8) is 0 Å². The smallest absolute Gasteiger partial charge is 0.325 e. The van der Waals surface area contributed by atoms with E-state index in [-0.39, 0.29) is 32.5 Å². The molecule has 0 saturated carbocycles. The molecule has 1 N–H and O–H groups in total. The van der Waals surface area contributed by atoms with Gasteiger partial charge in [0.1, 0.15) is 24.9 Å². The van der Waals surface area contributed by atoms with Gasteiger partial charge in [-0.3, -0.25) is 24.1 Å². The lowest BCUT2D eigenvalue weighted by Gasteiger charge is -2.42.